The van der Waals surface area contributed by atoms with Crippen molar-refractivity contribution in [2.24, 2.45) is 5.92 Å². The summed E-state index contributed by atoms with van der Waals surface area (Å²) in [5.74, 6) is 0.663. The van der Waals surface area contributed by atoms with E-state index in [-0.39, 0.29) is 5.41 Å². The van der Waals surface area contributed by atoms with Crippen molar-refractivity contribution in [1.82, 2.24) is 10.3 Å². The molecule has 0 fully saturated rings. The van der Waals surface area contributed by atoms with E-state index in [0.717, 1.165) is 24.8 Å². The Kier molecular flexibility index (Phi) is 6.41. The second kappa shape index (κ2) is 8.13. The highest BCUT2D eigenvalue weighted by Gasteiger charge is 2.24. The van der Waals surface area contributed by atoms with Gasteiger partial charge in [0.2, 0.25) is 0 Å². The van der Waals surface area contributed by atoms with Crippen molar-refractivity contribution in [3.63, 3.8) is 0 Å². The molecule has 1 N–H and O–H groups in total. The Hall–Kier alpha value is -1.39. The van der Waals surface area contributed by atoms with Crippen molar-refractivity contribution in [2.75, 3.05) is 18.5 Å². The molecule has 0 aliphatic rings. The largest absolute Gasteiger partial charge is 0.347 e. The molecule has 132 valence electrons. The summed E-state index contributed by atoms with van der Waals surface area (Å²) in [6.07, 6.45) is 0. The van der Waals surface area contributed by atoms with E-state index in [2.05, 4.69) is 82.2 Å². The lowest BCUT2D eigenvalue weighted by molar-refractivity contribution is 0.535. The second-order valence-electron chi connectivity index (χ2n) is 7.88. The molecule has 1 aromatic carbocycles. The third kappa shape index (κ3) is 5.32. The Morgan fingerprint density at radius 3 is 2.42 bits per heavy atom. The van der Waals surface area contributed by atoms with Crippen LogP contribution in [0.3, 0.4) is 0 Å². The van der Waals surface area contributed by atoms with Crippen molar-refractivity contribution in [3.8, 4) is 0 Å². The minimum atomic E-state index is 0.0666. The maximum absolute atomic E-state index is 4.98. The molecule has 24 heavy (non-hydrogen) atoms. The zero-order chi connectivity index (χ0) is 17.7. The van der Waals surface area contributed by atoms with E-state index in [1.807, 2.05) is 11.3 Å². The lowest BCUT2D eigenvalue weighted by Gasteiger charge is -2.18. The molecule has 0 atom stereocenters. The predicted molar refractivity (Wildman–Crippen MR) is 106 cm³/mol. The van der Waals surface area contributed by atoms with Gasteiger partial charge in [-0.2, -0.15) is 0 Å². The molecule has 0 radical (unpaired) electrons. The van der Waals surface area contributed by atoms with E-state index in [1.54, 1.807) is 0 Å². The van der Waals surface area contributed by atoms with Crippen LogP contribution in [-0.2, 0) is 18.5 Å². The number of benzene rings is 1. The molecule has 0 aliphatic carbocycles. The lowest BCUT2D eigenvalue weighted by Crippen LogP contribution is -2.21. The average molecular weight is 346 g/mol. The Bertz CT molecular complexity index is 626. The predicted octanol–water partition coefficient (Wildman–Crippen LogP) is 4.82. The molecular formula is C20H31N3S. The van der Waals surface area contributed by atoms with Gasteiger partial charge in [-0.1, -0.05) is 65.0 Å². The van der Waals surface area contributed by atoms with Gasteiger partial charge in [-0.15, -0.1) is 11.3 Å². The molecule has 1 heterocycles. The van der Waals surface area contributed by atoms with Crippen LogP contribution in [0.5, 0.6) is 0 Å². The summed E-state index contributed by atoms with van der Waals surface area (Å²) in [5.41, 5.74) is 2.60. The second-order valence-corrected chi connectivity index (χ2v) is 8.95. The third-order valence-corrected chi connectivity index (χ3v) is 4.99. The number of nitrogens with one attached hydrogen (secondary N) is 1. The van der Waals surface area contributed by atoms with Crippen molar-refractivity contribution in [1.29, 1.82) is 0 Å². The number of hydrogen-bond donors (Lipinski definition) is 1. The molecule has 1 aromatic heterocycles. The van der Waals surface area contributed by atoms with Crippen LogP contribution < -0.4 is 10.2 Å². The number of nitrogens with zero attached hydrogens (tertiary/aromatic N) is 2. The van der Waals surface area contributed by atoms with Crippen molar-refractivity contribution in [3.05, 3.63) is 46.5 Å². The number of aromatic nitrogens is 1. The highest BCUT2D eigenvalue weighted by atomic mass is 32.1. The maximum Gasteiger partial charge on any atom is 0.185 e. The topological polar surface area (TPSA) is 28.2 Å². The minimum absolute atomic E-state index is 0.0666. The van der Waals surface area contributed by atoms with Gasteiger partial charge in [-0.25, -0.2) is 4.98 Å². The van der Waals surface area contributed by atoms with Crippen LogP contribution in [0.2, 0.25) is 0 Å². The van der Waals surface area contributed by atoms with E-state index < -0.39 is 0 Å². The summed E-state index contributed by atoms with van der Waals surface area (Å²) in [6.45, 7) is 14.0. The van der Waals surface area contributed by atoms with Gasteiger partial charge < -0.3 is 10.2 Å². The first-order chi connectivity index (χ1) is 11.3. The van der Waals surface area contributed by atoms with E-state index in [9.17, 15) is 0 Å². The Balaban J connectivity index is 2.16. The highest BCUT2D eigenvalue weighted by Crippen LogP contribution is 2.34. The first-order valence-corrected chi connectivity index (χ1v) is 9.55. The van der Waals surface area contributed by atoms with Crippen molar-refractivity contribution >= 4 is 16.5 Å². The molecular weight excluding hydrogens is 314 g/mol. The highest BCUT2D eigenvalue weighted by molar-refractivity contribution is 7.15. The molecule has 3 nitrogen and oxygen atoms in total. The summed E-state index contributed by atoms with van der Waals surface area (Å²) in [5, 5.41) is 4.67. The number of anilines is 1. The minimum Gasteiger partial charge on any atom is -0.347 e. The Morgan fingerprint density at radius 1 is 1.17 bits per heavy atom. The molecule has 0 spiro atoms. The van der Waals surface area contributed by atoms with Gasteiger partial charge in [0.15, 0.2) is 5.13 Å². The molecule has 0 bridgehead atoms. The molecule has 0 saturated heterocycles. The molecule has 4 heteroatoms. The monoisotopic (exact) mass is 345 g/mol. The molecule has 0 unspecified atom stereocenters. The van der Waals surface area contributed by atoms with E-state index in [4.69, 9.17) is 4.98 Å². The van der Waals surface area contributed by atoms with Gasteiger partial charge >= 0.3 is 0 Å². The zero-order valence-electron chi connectivity index (χ0n) is 15.9. The van der Waals surface area contributed by atoms with Crippen LogP contribution in [-0.4, -0.2) is 18.6 Å². The number of hydrogen-bond acceptors (Lipinski definition) is 4. The molecule has 0 amide bonds. The van der Waals surface area contributed by atoms with Crippen LogP contribution >= 0.6 is 11.3 Å². The van der Waals surface area contributed by atoms with E-state index >= 15 is 0 Å². The standard InChI is InChI=1S/C20H31N3S/c1-15(2)12-21-13-17-18(20(3,4)5)22-19(24-17)23(6)14-16-10-8-7-9-11-16/h7-11,15,21H,12-14H2,1-6H3. The Morgan fingerprint density at radius 2 is 1.83 bits per heavy atom. The summed E-state index contributed by atoms with van der Waals surface area (Å²) in [6, 6.07) is 10.6. The number of rotatable bonds is 7. The van der Waals surface area contributed by atoms with Gasteiger partial charge in [-0.3, -0.25) is 0 Å². The van der Waals surface area contributed by atoms with Gasteiger partial charge in [0.05, 0.1) is 5.69 Å². The Labute approximate surface area is 151 Å². The fourth-order valence-electron chi connectivity index (χ4n) is 2.61. The lowest BCUT2D eigenvalue weighted by atomic mass is 9.91. The molecule has 0 aliphatic heterocycles. The molecule has 2 aromatic rings. The maximum atomic E-state index is 4.98. The van der Waals surface area contributed by atoms with E-state index in [1.165, 1.54) is 16.1 Å². The molecule has 0 saturated carbocycles. The van der Waals surface area contributed by atoms with Gasteiger partial charge in [-0.05, 0) is 18.0 Å². The normalized spacial score (nSPS) is 12.0. The quantitative estimate of drug-likeness (QED) is 0.779. The first kappa shape index (κ1) is 18.9. The van der Waals surface area contributed by atoms with Gasteiger partial charge in [0.1, 0.15) is 0 Å². The average Bonchev–Trinajstić information content (AvgIpc) is 2.92. The molecule has 2 rings (SSSR count). The van der Waals surface area contributed by atoms with Crippen molar-refractivity contribution < 1.29 is 0 Å². The summed E-state index contributed by atoms with van der Waals surface area (Å²) in [4.78, 5) is 8.59. The van der Waals surface area contributed by atoms with Crippen LogP contribution in [0, 0.1) is 5.92 Å². The SMILES string of the molecule is CC(C)CNCc1sc(N(C)Cc2ccccc2)nc1C(C)(C)C. The fraction of sp³-hybridized carbons (Fsp3) is 0.550. The fourth-order valence-corrected chi connectivity index (χ4v) is 3.81. The smallest absolute Gasteiger partial charge is 0.185 e. The van der Waals surface area contributed by atoms with Crippen molar-refractivity contribution in [2.45, 2.75) is 53.1 Å². The van der Waals surface area contributed by atoms with Crippen LogP contribution in [0.4, 0.5) is 5.13 Å². The van der Waals surface area contributed by atoms with Gasteiger partial charge in [0, 0.05) is 30.4 Å². The summed E-state index contributed by atoms with van der Waals surface area (Å²) in [7, 11) is 2.13. The summed E-state index contributed by atoms with van der Waals surface area (Å²) < 4.78 is 0. The number of thiazole rings is 1. The zero-order valence-corrected chi connectivity index (χ0v) is 16.7. The first-order valence-electron chi connectivity index (χ1n) is 8.73. The summed E-state index contributed by atoms with van der Waals surface area (Å²) >= 11 is 1.82. The third-order valence-electron chi connectivity index (χ3n) is 3.82. The van der Waals surface area contributed by atoms with Crippen LogP contribution in [0.25, 0.3) is 0 Å². The van der Waals surface area contributed by atoms with Crippen LogP contribution in [0.15, 0.2) is 30.3 Å². The van der Waals surface area contributed by atoms with Gasteiger partial charge in [0.25, 0.3) is 0 Å². The van der Waals surface area contributed by atoms with Crippen LogP contribution in [0.1, 0.15) is 50.8 Å². The van der Waals surface area contributed by atoms with E-state index in [0.29, 0.717) is 5.92 Å².